The smallest absolute Gasteiger partial charge is 0.348 e. The minimum absolute atomic E-state index is 0.139. The second kappa shape index (κ2) is 7.62. The van der Waals surface area contributed by atoms with E-state index in [1.54, 1.807) is 19.9 Å². The highest BCUT2D eigenvalue weighted by Crippen LogP contribution is 2.29. The average molecular weight is 374 g/mol. The maximum absolute atomic E-state index is 12.4. The quantitative estimate of drug-likeness (QED) is 0.794. The average Bonchev–Trinajstić information content (AvgIpc) is 2.87. The first kappa shape index (κ1) is 18.9. The summed E-state index contributed by atoms with van der Waals surface area (Å²) in [5.41, 5.74) is 0.764. The lowest BCUT2D eigenvalue weighted by atomic mass is 9.97. The summed E-state index contributed by atoms with van der Waals surface area (Å²) in [6.45, 7) is 4.55. The van der Waals surface area contributed by atoms with Gasteiger partial charge in [0.15, 0.2) is 0 Å². The highest BCUT2D eigenvalue weighted by molar-refractivity contribution is 7.88. The fourth-order valence-electron chi connectivity index (χ4n) is 2.62. The zero-order valence-corrected chi connectivity index (χ0v) is 15.6. The molecule has 134 valence electrons. The van der Waals surface area contributed by atoms with Gasteiger partial charge in [-0.05, 0) is 38.3 Å². The largest absolute Gasteiger partial charge is 0.462 e. The van der Waals surface area contributed by atoms with Crippen LogP contribution in [-0.4, -0.2) is 50.6 Å². The summed E-state index contributed by atoms with van der Waals surface area (Å²) in [7, 11) is -3.20. The molecule has 1 aliphatic heterocycles. The van der Waals surface area contributed by atoms with Crippen LogP contribution in [0.15, 0.2) is 6.07 Å². The van der Waals surface area contributed by atoms with Gasteiger partial charge < -0.3 is 10.1 Å². The summed E-state index contributed by atoms with van der Waals surface area (Å²) in [4.78, 5) is 24.6. The number of hydrogen-bond donors (Lipinski definition) is 1. The Morgan fingerprint density at radius 2 is 2.00 bits per heavy atom. The van der Waals surface area contributed by atoms with Gasteiger partial charge in [0.05, 0.1) is 17.9 Å². The Labute approximate surface area is 146 Å². The van der Waals surface area contributed by atoms with Gasteiger partial charge in [-0.25, -0.2) is 17.5 Å². The van der Waals surface area contributed by atoms with Gasteiger partial charge in [0.2, 0.25) is 15.9 Å². The van der Waals surface area contributed by atoms with Crippen LogP contribution in [-0.2, 0) is 19.6 Å². The molecule has 1 saturated heterocycles. The summed E-state index contributed by atoms with van der Waals surface area (Å²) < 4.78 is 29.4. The minimum atomic E-state index is -3.20. The van der Waals surface area contributed by atoms with Crippen LogP contribution in [0.25, 0.3) is 0 Å². The fourth-order valence-corrected chi connectivity index (χ4v) is 4.46. The van der Waals surface area contributed by atoms with Crippen LogP contribution in [0.2, 0.25) is 0 Å². The normalized spacial score (nSPS) is 16.8. The molecule has 1 aromatic rings. The monoisotopic (exact) mass is 374 g/mol. The second-order valence-corrected chi connectivity index (χ2v) is 8.80. The van der Waals surface area contributed by atoms with Gasteiger partial charge in [-0.15, -0.1) is 11.3 Å². The molecule has 0 atom stereocenters. The van der Waals surface area contributed by atoms with E-state index in [2.05, 4.69) is 5.32 Å². The molecule has 0 aromatic carbocycles. The minimum Gasteiger partial charge on any atom is -0.462 e. The standard InChI is InChI=1S/C15H22N2O5S2/c1-4-22-15(19)13-10(2)9-12(23-13)16-14(18)11-5-7-17(8-6-11)24(3,20)21/h9,11H,4-8H2,1-3H3,(H,16,18). The van der Waals surface area contributed by atoms with Crippen LogP contribution in [0, 0.1) is 12.8 Å². The van der Waals surface area contributed by atoms with Gasteiger partial charge in [0.1, 0.15) is 4.88 Å². The van der Waals surface area contributed by atoms with Crippen molar-refractivity contribution in [1.82, 2.24) is 4.31 Å². The molecule has 9 heteroatoms. The molecule has 2 rings (SSSR count). The zero-order chi connectivity index (χ0) is 17.9. The Morgan fingerprint density at radius 3 is 2.54 bits per heavy atom. The highest BCUT2D eigenvalue weighted by Gasteiger charge is 2.29. The Bertz CT molecular complexity index is 718. The third-order valence-electron chi connectivity index (χ3n) is 3.92. The molecule has 1 aromatic heterocycles. The van der Waals surface area contributed by atoms with Crippen LogP contribution in [0.4, 0.5) is 5.00 Å². The molecule has 0 radical (unpaired) electrons. The summed E-state index contributed by atoms with van der Waals surface area (Å²) >= 11 is 1.19. The van der Waals surface area contributed by atoms with E-state index in [4.69, 9.17) is 4.74 Å². The predicted molar refractivity (Wildman–Crippen MR) is 92.8 cm³/mol. The molecule has 1 fully saturated rings. The first-order valence-electron chi connectivity index (χ1n) is 7.76. The Kier molecular flexibility index (Phi) is 6.00. The SMILES string of the molecule is CCOC(=O)c1sc(NC(=O)C2CCN(S(C)(=O)=O)CC2)cc1C. The number of aryl methyl sites for hydroxylation is 1. The Balaban J connectivity index is 1.96. The van der Waals surface area contributed by atoms with Gasteiger partial charge in [-0.3, -0.25) is 4.79 Å². The Morgan fingerprint density at radius 1 is 1.38 bits per heavy atom. The van der Waals surface area contributed by atoms with Gasteiger partial charge in [0.25, 0.3) is 0 Å². The molecule has 1 N–H and O–H groups in total. The first-order chi connectivity index (χ1) is 11.2. The van der Waals surface area contributed by atoms with Crippen molar-refractivity contribution < 1.29 is 22.7 Å². The molecule has 0 unspecified atom stereocenters. The number of esters is 1. The first-order valence-corrected chi connectivity index (χ1v) is 10.4. The van der Waals surface area contributed by atoms with E-state index in [0.29, 0.717) is 42.4 Å². The predicted octanol–water partition coefficient (Wildman–Crippen LogP) is 1.84. The van der Waals surface area contributed by atoms with Crippen LogP contribution in [0.5, 0.6) is 0 Å². The van der Waals surface area contributed by atoms with Crippen LogP contribution < -0.4 is 5.32 Å². The lowest BCUT2D eigenvalue weighted by molar-refractivity contribution is -0.120. The van der Waals surface area contributed by atoms with Crippen molar-refractivity contribution in [3.05, 3.63) is 16.5 Å². The van der Waals surface area contributed by atoms with Crippen LogP contribution >= 0.6 is 11.3 Å². The van der Waals surface area contributed by atoms with Crippen LogP contribution in [0.3, 0.4) is 0 Å². The highest BCUT2D eigenvalue weighted by atomic mass is 32.2. The number of rotatable bonds is 5. The number of amides is 1. The number of ether oxygens (including phenoxy) is 1. The number of thiophene rings is 1. The number of sulfonamides is 1. The molecular weight excluding hydrogens is 352 g/mol. The van der Waals surface area contributed by atoms with E-state index in [-0.39, 0.29) is 17.8 Å². The maximum atomic E-state index is 12.4. The zero-order valence-electron chi connectivity index (χ0n) is 14.0. The van der Waals surface area contributed by atoms with Crippen molar-refractivity contribution in [3.63, 3.8) is 0 Å². The maximum Gasteiger partial charge on any atom is 0.348 e. The molecule has 0 aliphatic carbocycles. The molecule has 7 nitrogen and oxygen atoms in total. The van der Waals surface area contributed by atoms with Crippen molar-refractivity contribution >= 4 is 38.2 Å². The molecule has 24 heavy (non-hydrogen) atoms. The molecule has 0 saturated carbocycles. The van der Waals surface area contributed by atoms with E-state index >= 15 is 0 Å². The number of nitrogens with one attached hydrogen (secondary N) is 1. The van der Waals surface area contributed by atoms with Gasteiger partial charge in [-0.1, -0.05) is 0 Å². The second-order valence-electron chi connectivity index (χ2n) is 5.77. The van der Waals surface area contributed by atoms with Gasteiger partial charge in [0, 0.05) is 19.0 Å². The topological polar surface area (TPSA) is 92.8 Å². The number of carbonyl (C=O) groups excluding carboxylic acids is 2. The summed E-state index contributed by atoms with van der Waals surface area (Å²) in [5.74, 6) is -0.752. The number of nitrogens with zero attached hydrogens (tertiary/aromatic N) is 1. The van der Waals surface area contributed by atoms with Gasteiger partial charge in [-0.2, -0.15) is 0 Å². The van der Waals surface area contributed by atoms with E-state index in [1.807, 2.05) is 0 Å². The third kappa shape index (κ3) is 4.55. The van der Waals surface area contributed by atoms with Crippen molar-refractivity contribution in [3.8, 4) is 0 Å². The van der Waals surface area contributed by atoms with Crippen molar-refractivity contribution in [1.29, 1.82) is 0 Å². The number of carbonyl (C=O) groups is 2. The lowest BCUT2D eigenvalue weighted by Crippen LogP contribution is -2.40. The lowest BCUT2D eigenvalue weighted by Gasteiger charge is -2.29. The molecule has 0 spiro atoms. The van der Waals surface area contributed by atoms with Crippen LogP contribution in [0.1, 0.15) is 35.0 Å². The van der Waals surface area contributed by atoms with Crippen molar-refractivity contribution in [2.45, 2.75) is 26.7 Å². The molecule has 0 bridgehead atoms. The number of piperidine rings is 1. The number of anilines is 1. The molecule has 2 heterocycles. The van der Waals surface area contributed by atoms with E-state index < -0.39 is 10.0 Å². The van der Waals surface area contributed by atoms with E-state index in [1.165, 1.54) is 21.9 Å². The molecule has 1 aliphatic rings. The Hall–Kier alpha value is -1.45. The summed E-state index contributed by atoms with van der Waals surface area (Å²) in [5, 5.41) is 3.43. The van der Waals surface area contributed by atoms with Gasteiger partial charge >= 0.3 is 5.97 Å². The van der Waals surface area contributed by atoms with Crippen molar-refractivity contribution in [2.75, 3.05) is 31.3 Å². The summed E-state index contributed by atoms with van der Waals surface area (Å²) in [6, 6.07) is 1.75. The van der Waals surface area contributed by atoms with E-state index in [0.717, 1.165) is 5.56 Å². The molecule has 1 amide bonds. The fraction of sp³-hybridized carbons (Fsp3) is 0.600. The van der Waals surface area contributed by atoms with E-state index in [9.17, 15) is 18.0 Å². The van der Waals surface area contributed by atoms with Crippen molar-refractivity contribution in [2.24, 2.45) is 5.92 Å². The summed E-state index contributed by atoms with van der Waals surface area (Å²) in [6.07, 6.45) is 2.17. The number of hydrogen-bond acceptors (Lipinski definition) is 6. The molecular formula is C15H22N2O5S2. The third-order valence-corrected chi connectivity index (χ3v) is 6.35.